The Morgan fingerprint density at radius 1 is 1.32 bits per heavy atom. The fourth-order valence-electron chi connectivity index (χ4n) is 1.58. The van der Waals surface area contributed by atoms with E-state index in [1.807, 2.05) is 0 Å². The highest BCUT2D eigenvalue weighted by atomic mass is 19.4. The zero-order valence-electron chi connectivity index (χ0n) is 10.2. The van der Waals surface area contributed by atoms with Crippen LogP contribution in [0.25, 0.3) is 5.82 Å². The molecule has 2 rings (SSSR count). The molecular formula is C12H10F3N3O. The highest BCUT2D eigenvalue weighted by molar-refractivity contribution is 5.94. The van der Waals surface area contributed by atoms with Crippen LogP contribution in [-0.4, -0.2) is 20.5 Å². The second-order valence-electron chi connectivity index (χ2n) is 4.09. The summed E-state index contributed by atoms with van der Waals surface area (Å²) in [7, 11) is 0. The molecule has 0 aliphatic rings. The van der Waals surface area contributed by atoms with Crippen molar-refractivity contribution in [2.75, 3.05) is 0 Å². The minimum atomic E-state index is -4.44. The molecular weight excluding hydrogens is 259 g/mol. The van der Waals surface area contributed by atoms with Crippen LogP contribution in [0.1, 0.15) is 28.4 Å². The molecule has 0 saturated carbocycles. The van der Waals surface area contributed by atoms with Crippen molar-refractivity contribution < 1.29 is 18.0 Å². The first-order valence-corrected chi connectivity index (χ1v) is 5.39. The average Bonchev–Trinajstić information content (AvgIpc) is 2.77. The number of ketones is 1. The Morgan fingerprint density at radius 3 is 2.47 bits per heavy atom. The van der Waals surface area contributed by atoms with E-state index in [9.17, 15) is 18.0 Å². The molecule has 7 heteroatoms. The zero-order chi connectivity index (χ0) is 14.2. The lowest BCUT2D eigenvalue weighted by Gasteiger charge is -2.06. The predicted octanol–water partition coefficient (Wildman–Crippen LogP) is 2.80. The third kappa shape index (κ3) is 2.64. The Balaban J connectivity index is 2.43. The van der Waals surface area contributed by atoms with E-state index in [1.54, 1.807) is 13.0 Å². The van der Waals surface area contributed by atoms with Crippen LogP contribution in [0.4, 0.5) is 13.2 Å². The summed E-state index contributed by atoms with van der Waals surface area (Å²) in [6.07, 6.45) is -1.52. The molecule has 0 amide bonds. The summed E-state index contributed by atoms with van der Waals surface area (Å²) in [6, 6.07) is 1.57. The van der Waals surface area contributed by atoms with Crippen molar-refractivity contribution in [2.45, 2.75) is 20.0 Å². The molecule has 0 aliphatic carbocycles. The number of halogens is 3. The van der Waals surface area contributed by atoms with Gasteiger partial charge in [0.2, 0.25) is 0 Å². The van der Waals surface area contributed by atoms with Gasteiger partial charge >= 0.3 is 6.18 Å². The standard InChI is InChI=1S/C12H10F3N3O/c1-7-3-9(8(2)19)4-16-11(7)18-6-10(5-17-18)12(13,14)15/h3-6H,1-2H3. The molecule has 0 radical (unpaired) electrons. The van der Waals surface area contributed by atoms with Crippen LogP contribution in [0, 0.1) is 6.92 Å². The number of aryl methyl sites for hydroxylation is 1. The molecule has 100 valence electrons. The first kappa shape index (κ1) is 13.3. The van der Waals surface area contributed by atoms with Crippen LogP contribution < -0.4 is 0 Å². The first-order chi connectivity index (χ1) is 8.79. The molecule has 2 aromatic heterocycles. The largest absolute Gasteiger partial charge is 0.419 e. The highest BCUT2D eigenvalue weighted by Gasteiger charge is 2.32. The summed E-state index contributed by atoms with van der Waals surface area (Å²) in [6.45, 7) is 3.05. The quantitative estimate of drug-likeness (QED) is 0.787. The van der Waals surface area contributed by atoms with Crippen molar-refractivity contribution in [3.05, 3.63) is 41.3 Å². The summed E-state index contributed by atoms with van der Waals surface area (Å²) >= 11 is 0. The Bertz CT molecular complexity index is 631. The zero-order valence-corrected chi connectivity index (χ0v) is 10.2. The summed E-state index contributed by atoms with van der Waals surface area (Å²) in [5.74, 6) is 0.110. The van der Waals surface area contributed by atoms with Crippen LogP contribution in [0.5, 0.6) is 0 Å². The molecule has 0 aromatic carbocycles. The van der Waals surface area contributed by atoms with Crippen molar-refractivity contribution in [3.8, 4) is 5.82 Å². The number of rotatable bonds is 2. The van der Waals surface area contributed by atoms with E-state index in [0.717, 1.165) is 17.1 Å². The topological polar surface area (TPSA) is 47.8 Å². The SMILES string of the molecule is CC(=O)c1cnc(-n2cc(C(F)(F)F)cn2)c(C)c1. The maximum absolute atomic E-state index is 12.5. The number of hydrogen-bond acceptors (Lipinski definition) is 3. The Kier molecular flexibility index (Phi) is 3.13. The minimum Gasteiger partial charge on any atom is -0.294 e. The van der Waals surface area contributed by atoms with Crippen molar-refractivity contribution in [2.24, 2.45) is 0 Å². The third-order valence-electron chi connectivity index (χ3n) is 2.58. The summed E-state index contributed by atoms with van der Waals surface area (Å²) in [5.41, 5.74) is 0.137. The fourth-order valence-corrected chi connectivity index (χ4v) is 1.58. The molecule has 2 aromatic rings. The van der Waals surface area contributed by atoms with Gasteiger partial charge in [-0.25, -0.2) is 9.67 Å². The van der Waals surface area contributed by atoms with Crippen LogP contribution in [0.3, 0.4) is 0 Å². The Labute approximate surface area is 106 Å². The van der Waals surface area contributed by atoms with Crippen LogP contribution in [0.2, 0.25) is 0 Å². The molecule has 0 N–H and O–H groups in total. The fraction of sp³-hybridized carbons (Fsp3) is 0.250. The molecule has 19 heavy (non-hydrogen) atoms. The van der Waals surface area contributed by atoms with E-state index >= 15 is 0 Å². The van der Waals surface area contributed by atoms with Gasteiger partial charge in [0, 0.05) is 18.0 Å². The Hall–Kier alpha value is -2.18. The maximum Gasteiger partial charge on any atom is 0.419 e. The molecule has 0 spiro atoms. The van der Waals surface area contributed by atoms with Gasteiger partial charge in [-0.2, -0.15) is 18.3 Å². The van der Waals surface area contributed by atoms with Gasteiger partial charge < -0.3 is 0 Å². The van der Waals surface area contributed by atoms with E-state index in [0.29, 0.717) is 11.1 Å². The number of pyridine rings is 1. The van der Waals surface area contributed by atoms with Gasteiger partial charge in [-0.3, -0.25) is 4.79 Å². The van der Waals surface area contributed by atoms with Crippen molar-refractivity contribution >= 4 is 5.78 Å². The predicted molar refractivity (Wildman–Crippen MR) is 61.1 cm³/mol. The van der Waals surface area contributed by atoms with Gasteiger partial charge in [-0.15, -0.1) is 0 Å². The lowest BCUT2D eigenvalue weighted by atomic mass is 10.1. The number of hydrogen-bond donors (Lipinski definition) is 0. The van der Waals surface area contributed by atoms with Crippen LogP contribution in [0.15, 0.2) is 24.7 Å². The van der Waals surface area contributed by atoms with E-state index in [2.05, 4.69) is 10.1 Å². The molecule has 0 bridgehead atoms. The lowest BCUT2D eigenvalue weighted by Crippen LogP contribution is -2.05. The number of nitrogens with zero attached hydrogens (tertiary/aromatic N) is 3. The number of carbonyl (C=O) groups is 1. The summed E-state index contributed by atoms with van der Waals surface area (Å²) < 4.78 is 38.5. The van der Waals surface area contributed by atoms with Gasteiger partial charge in [0.05, 0.1) is 11.8 Å². The summed E-state index contributed by atoms with van der Waals surface area (Å²) in [4.78, 5) is 15.1. The van der Waals surface area contributed by atoms with E-state index in [-0.39, 0.29) is 11.6 Å². The number of carbonyl (C=O) groups excluding carboxylic acids is 1. The molecule has 2 heterocycles. The highest BCUT2D eigenvalue weighted by Crippen LogP contribution is 2.29. The van der Waals surface area contributed by atoms with Gasteiger partial charge in [0.1, 0.15) is 0 Å². The number of aromatic nitrogens is 3. The van der Waals surface area contributed by atoms with Crippen LogP contribution >= 0.6 is 0 Å². The second-order valence-corrected chi connectivity index (χ2v) is 4.09. The monoisotopic (exact) mass is 269 g/mol. The minimum absolute atomic E-state index is 0.154. The van der Waals surface area contributed by atoms with E-state index < -0.39 is 11.7 Å². The molecule has 4 nitrogen and oxygen atoms in total. The van der Waals surface area contributed by atoms with Gasteiger partial charge in [-0.1, -0.05) is 0 Å². The van der Waals surface area contributed by atoms with E-state index in [1.165, 1.54) is 13.1 Å². The second kappa shape index (κ2) is 4.49. The van der Waals surface area contributed by atoms with E-state index in [4.69, 9.17) is 0 Å². The molecule has 0 aliphatic heterocycles. The van der Waals surface area contributed by atoms with Crippen LogP contribution in [-0.2, 0) is 6.18 Å². The first-order valence-electron chi connectivity index (χ1n) is 5.39. The molecule has 0 atom stereocenters. The molecule has 0 saturated heterocycles. The van der Waals surface area contributed by atoms with Crippen molar-refractivity contribution in [1.82, 2.24) is 14.8 Å². The van der Waals surface area contributed by atoms with Crippen molar-refractivity contribution in [3.63, 3.8) is 0 Å². The van der Waals surface area contributed by atoms with Crippen molar-refractivity contribution in [1.29, 1.82) is 0 Å². The smallest absolute Gasteiger partial charge is 0.294 e. The lowest BCUT2D eigenvalue weighted by molar-refractivity contribution is -0.137. The number of Topliss-reactive ketones (excluding diaryl/α,β-unsaturated/α-hetero) is 1. The van der Waals surface area contributed by atoms with Gasteiger partial charge in [-0.05, 0) is 25.5 Å². The Morgan fingerprint density at radius 2 is 2.00 bits per heavy atom. The average molecular weight is 269 g/mol. The van der Waals surface area contributed by atoms with Gasteiger partial charge in [0.25, 0.3) is 0 Å². The molecule has 0 fully saturated rings. The maximum atomic E-state index is 12.5. The number of alkyl halides is 3. The van der Waals surface area contributed by atoms with Gasteiger partial charge in [0.15, 0.2) is 11.6 Å². The normalized spacial score (nSPS) is 11.6. The molecule has 0 unspecified atom stereocenters. The third-order valence-corrected chi connectivity index (χ3v) is 2.58. The summed E-state index contributed by atoms with van der Waals surface area (Å²) in [5, 5.41) is 3.64.